The number of rotatable bonds is 15. The molecule has 0 aliphatic rings. The van der Waals surface area contributed by atoms with Crippen molar-refractivity contribution in [1.29, 1.82) is 0 Å². The van der Waals surface area contributed by atoms with Crippen LogP contribution in [0.3, 0.4) is 0 Å². The largest absolute Gasteiger partial charge is 0.437 e. The molecule has 0 aromatic rings. The average Bonchev–Trinajstić information content (AvgIpc) is 2.54. The zero-order valence-electron chi connectivity index (χ0n) is 21.9. The van der Waals surface area contributed by atoms with Gasteiger partial charge in [-0.05, 0) is 82.5 Å². The third-order valence-corrected chi connectivity index (χ3v) is 16.3. The number of methoxy groups -OCH3 is 1. The van der Waals surface area contributed by atoms with Crippen LogP contribution < -0.4 is 0 Å². The van der Waals surface area contributed by atoms with Crippen molar-refractivity contribution in [2.75, 3.05) is 26.9 Å². The molecule has 0 aromatic carbocycles. The van der Waals surface area contributed by atoms with Gasteiger partial charge in [-0.15, -0.1) is 0 Å². The lowest BCUT2D eigenvalue weighted by atomic mass is 10.1. The molecule has 0 atom stereocenters. The molecule has 0 amide bonds. The van der Waals surface area contributed by atoms with E-state index in [0.717, 1.165) is 56.6 Å². The third kappa shape index (κ3) is 41.9. The molecule has 226 valence electrons. The van der Waals surface area contributed by atoms with Gasteiger partial charge < -0.3 is 17.7 Å². The van der Waals surface area contributed by atoms with E-state index >= 15 is 0 Å². The lowest BCUT2D eigenvalue weighted by molar-refractivity contribution is 0.123. The van der Waals surface area contributed by atoms with Crippen LogP contribution in [0.1, 0.15) is 98.4 Å². The molecular weight excluding hydrogens is 485 g/mol. The quantitative estimate of drug-likeness (QED) is 0.147. The number of hydrogen-bond donors (Lipinski definition) is 0. The molecule has 4 nitrogen and oxygen atoms in total. The maximum absolute atomic E-state index is 6.54. The first kappa shape index (κ1) is 55.9. The Bertz CT molecular complexity index is 388. The minimum atomic E-state index is -2.00. The second-order valence-electron chi connectivity index (χ2n) is 10.6. The van der Waals surface area contributed by atoms with Crippen molar-refractivity contribution in [3.8, 4) is 0 Å². The monoisotopic (exact) mass is 563 g/mol. The Hall–Kier alpha value is 0.491. The second kappa shape index (κ2) is 29.1. The fourth-order valence-electron chi connectivity index (χ4n) is 2.85. The first-order chi connectivity index (χ1) is 13.2. The van der Waals surface area contributed by atoms with Crippen LogP contribution in [0.4, 0.5) is 0 Å². The van der Waals surface area contributed by atoms with Gasteiger partial charge in [0.15, 0.2) is 16.6 Å². The second-order valence-corrected chi connectivity index (χ2v) is 23.2. The van der Waals surface area contributed by atoms with Crippen molar-refractivity contribution in [2.24, 2.45) is 11.8 Å². The summed E-state index contributed by atoms with van der Waals surface area (Å²) in [5.41, 5.74) is 0. The summed E-state index contributed by atoms with van der Waals surface area (Å²) in [6.07, 6.45) is 3.44. The SMILES string of the molecule is C.C.C.C.C.C.CC[Si](C)(C)O[Si](C)(C)O[Si](C)(C)CCCOCCC(C)C.COCCC(C)C. The van der Waals surface area contributed by atoms with Crippen molar-refractivity contribution in [2.45, 2.75) is 150 Å². The molecular formula is C28H78O4Si3. The van der Waals surface area contributed by atoms with Crippen molar-refractivity contribution in [3.63, 3.8) is 0 Å². The Morgan fingerprint density at radius 3 is 1.34 bits per heavy atom. The Morgan fingerprint density at radius 1 is 0.600 bits per heavy atom. The minimum Gasteiger partial charge on any atom is -0.437 e. The molecule has 0 spiro atoms. The Labute approximate surface area is 231 Å². The molecule has 0 rings (SSSR count). The molecule has 0 bridgehead atoms. The molecule has 0 radical (unpaired) electrons. The smallest absolute Gasteiger partial charge is 0.311 e. The van der Waals surface area contributed by atoms with Gasteiger partial charge in [-0.25, -0.2) is 0 Å². The maximum atomic E-state index is 6.54. The van der Waals surface area contributed by atoms with E-state index in [-0.39, 0.29) is 44.6 Å². The van der Waals surface area contributed by atoms with Crippen LogP contribution >= 0.6 is 0 Å². The zero-order valence-corrected chi connectivity index (χ0v) is 24.9. The lowest BCUT2D eigenvalue weighted by Crippen LogP contribution is -2.52. The van der Waals surface area contributed by atoms with Gasteiger partial charge in [-0.1, -0.05) is 79.2 Å². The first-order valence-electron chi connectivity index (χ1n) is 11.6. The van der Waals surface area contributed by atoms with Gasteiger partial charge in [-0.3, -0.25) is 0 Å². The zero-order chi connectivity index (χ0) is 23.1. The summed E-state index contributed by atoms with van der Waals surface area (Å²) in [6.45, 7) is 27.4. The number of hydrogen-bond acceptors (Lipinski definition) is 4. The van der Waals surface area contributed by atoms with Crippen LogP contribution in [0.25, 0.3) is 0 Å². The summed E-state index contributed by atoms with van der Waals surface area (Å²) in [5, 5.41) is 0. The molecule has 0 unspecified atom stereocenters. The predicted octanol–water partition coefficient (Wildman–Crippen LogP) is 11.1. The van der Waals surface area contributed by atoms with Crippen molar-refractivity contribution >= 4 is 25.2 Å². The van der Waals surface area contributed by atoms with Gasteiger partial charge in [0.05, 0.1) is 0 Å². The molecule has 7 heteroatoms. The molecule has 35 heavy (non-hydrogen) atoms. The van der Waals surface area contributed by atoms with Gasteiger partial charge in [0.2, 0.25) is 0 Å². The van der Waals surface area contributed by atoms with Crippen LogP contribution in [0.5, 0.6) is 0 Å². The van der Waals surface area contributed by atoms with Crippen molar-refractivity contribution in [1.82, 2.24) is 0 Å². The predicted molar refractivity (Wildman–Crippen MR) is 177 cm³/mol. The standard InChI is InChI=1S/C16H40O3Si3.C6H14O.6CH4/c1-10-20(4,5)18-22(8,9)19-21(6,7)15-11-13-17-14-12-16(2)3;1-6(2)4-5-7-3;;;;;;/h16H,10-15H2,1-9H3;6H,4-5H2,1-3H3;6*1H4. The van der Waals surface area contributed by atoms with Crippen LogP contribution in [-0.4, -0.2) is 52.1 Å². The molecule has 0 aromatic heterocycles. The summed E-state index contributed by atoms with van der Waals surface area (Å²) in [6, 6.07) is 2.31. The fourth-order valence-corrected chi connectivity index (χ4v) is 16.0. The van der Waals surface area contributed by atoms with Gasteiger partial charge >= 0.3 is 8.56 Å². The van der Waals surface area contributed by atoms with Crippen molar-refractivity contribution in [3.05, 3.63) is 0 Å². The molecule has 0 saturated carbocycles. The van der Waals surface area contributed by atoms with Gasteiger partial charge in [0.1, 0.15) is 0 Å². The summed E-state index contributed by atoms with van der Waals surface area (Å²) in [5.74, 6) is 1.50. The molecule has 0 aliphatic carbocycles. The molecule has 0 heterocycles. The minimum absolute atomic E-state index is 0. The fraction of sp³-hybridized carbons (Fsp3) is 1.00. The highest BCUT2D eigenvalue weighted by atomic mass is 28.5. The van der Waals surface area contributed by atoms with E-state index in [1.54, 1.807) is 7.11 Å². The Balaban J connectivity index is -0.0000000823. The molecule has 0 fully saturated rings. The van der Waals surface area contributed by atoms with E-state index in [0.29, 0.717) is 0 Å². The average molecular weight is 563 g/mol. The highest BCUT2D eigenvalue weighted by molar-refractivity contribution is 6.87. The molecule has 0 aliphatic heterocycles. The number of ether oxygens (including phenoxy) is 2. The van der Waals surface area contributed by atoms with E-state index in [1.165, 1.54) is 6.42 Å². The Morgan fingerprint density at radius 2 is 1.00 bits per heavy atom. The van der Waals surface area contributed by atoms with E-state index in [9.17, 15) is 0 Å². The lowest BCUT2D eigenvalue weighted by Gasteiger charge is -2.38. The van der Waals surface area contributed by atoms with Crippen molar-refractivity contribution < 1.29 is 17.7 Å². The summed E-state index contributed by atoms with van der Waals surface area (Å²) >= 11 is 0. The van der Waals surface area contributed by atoms with E-state index < -0.39 is 25.2 Å². The van der Waals surface area contributed by atoms with Gasteiger partial charge in [-0.2, -0.15) is 0 Å². The topological polar surface area (TPSA) is 36.9 Å². The summed E-state index contributed by atoms with van der Waals surface area (Å²) in [4.78, 5) is 0. The van der Waals surface area contributed by atoms with Crippen LogP contribution in [0, 0.1) is 11.8 Å². The van der Waals surface area contributed by atoms with Crippen LogP contribution in [0.15, 0.2) is 0 Å². The third-order valence-electron chi connectivity index (χ3n) is 4.70. The first-order valence-corrected chi connectivity index (χ1v) is 20.7. The van der Waals surface area contributed by atoms with Gasteiger partial charge in [0.25, 0.3) is 0 Å². The maximum Gasteiger partial charge on any atom is 0.311 e. The van der Waals surface area contributed by atoms with E-state index in [4.69, 9.17) is 17.7 Å². The Kier molecular flexibility index (Phi) is 46.4. The summed E-state index contributed by atoms with van der Waals surface area (Å²) < 4.78 is 23.6. The van der Waals surface area contributed by atoms with E-state index in [2.05, 4.69) is 73.9 Å². The normalized spacial score (nSPS) is 10.8. The highest BCUT2D eigenvalue weighted by Gasteiger charge is 2.38. The van der Waals surface area contributed by atoms with Crippen LogP contribution in [-0.2, 0) is 17.7 Å². The summed E-state index contributed by atoms with van der Waals surface area (Å²) in [7, 11) is -3.46. The van der Waals surface area contributed by atoms with Crippen LogP contribution in [0.2, 0.25) is 51.4 Å². The highest BCUT2D eigenvalue weighted by Crippen LogP contribution is 2.25. The molecule has 0 saturated heterocycles. The molecule has 0 N–H and O–H groups in total. The van der Waals surface area contributed by atoms with Gasteiger partial charge in [0, 0.05) is 26.9 Å². The van der Waals surface area contributed by atoms with E-state index in [1.807, 2.05) is 0 Å².